The first kappa shape index (κ1) is 30.3. The number of carbonyl (C=O) groups excluding carboxylic acids is 6. The summed E-state index contributed by atoms with van der Waals surface area (Å²) in [6, 6.07) is -3.36. The van der Waals surface area contributed by atoms with E-state index in [2.05, 4.69) is 20.7 Å². The van der Waals surface area contributed by atoms with Crippen molar-refractivity contribution in [2.24, 2.45) is 5.92 Å². The highest BCUT2D eigenvalue weighted by molar-refractivity contribution is 6.28. The molecule has 0 spiro atoms. The van der Waals surface area contributed by atoms with Gasteiger partial charge in [-0.3, -0.25) is 28.8 Å². The maximum Gasteiger partial charge on any atom is 0.306 e. The molecule has 1 aliphatic rings. The normalized spacial score (nSPS) is 17.8. The Hall–Kier alpha value is -2.69. The molecule has 3 N–H and O–H groups in total. The van der Waals surface area contributed by atoms with Gasteiger partial charge in [0, 0.05) is 13.0 Å². The third-order valence-corrected chi connectivity index (χ3v) is 5.93. The van der Waals surface area contributed by atoms with E-state index in [1.54, 1.807) is 0 Å². The number of amides is 4. The number of halogens is 1. The van der Waals surface area contributed by atoms with Crippen LogP contribution in [0.3, 0.4) is 0 Å². The van der Waals surface area contributed by atoms with Crippen molar-refractivity contribution in [1.29, 1.82) is 0 Å². The average Bonchev–Trinajstić information content (AvgIpc) is 3.30. The van der Waals surface area contributed by atoms with Crippen molar-refractivity contribution in [3.8, 4) is 0 Å². The molecule has 4 amide bonds. The fraction of sp³-hybridized carbons (Fsp3) is 0.739. The Bertz CT molecular complexity index is 805. The van der Waals surface area contributed by atoms with E-state index in [0.717, 1.165) is 0 Å². The van der Waals surface area contributed by atoms with Crippen molar-refractivity contribution >= 4 is 47.0 Å². The summed E-state index contributed by atoms with van der Waals surface area (Å²) in [5, 5.41) is 7.79. The first-order valence-corrected chi connectivity index (χ1v) is 12.3. The number of nitrogens with zero attached hydrogens (tertiary/aromatic N) is 1. The number of hydrogen-bond acceptors (Lipinski definition) is 7. The Morgan fingerprint density at radius 1 is 0.971 bits per heavy atom. The number of methoxy groups -OCH3 is 1. The van der Waals surface area contributed by atoms with Gasteiger partial charge in [0.1, 0.15) is 18.1 Å². The molecule has 1 rings (SSSR count). The minimum absolute atomic E-state index is 0.105. The van der Waals surface area contributed by atoms with Gasteiger partial charge in [0.2, 0.25) is 23.6 Å². The van der Waals surface area contributed by atoms with Crippen molar-refractivity contribution in [3.63, 3.8) is 0 Å². The van der Waals surface area contributed by atoms with E-state index < -0.39 is 53.8 Å². The van der Waals surface area contributed by atoms with Gasteiger partial charge < -0.3 is 25.6 Å². The van der Waals surface area contributed by atoms with Crippen LogP contribution in [0.15, 0.2) is 0 Å². The topological polar surface area (TPSA) is 151 Å². The molecule has 0 aromatic carbocycles. The van der Waals surface area contributed by atoms with Crippen LogP contribution in [0.5, 0.6) is 0 Å². The van der Waals surface area contributed by atoms with E-state index in [9.17, 15) is 28.8 Å². The summed E-state index contributed by atoms with van der Waals surface area (Å²) < 4.78 is 4.49. The zero-order valence-corrected chi connectivity index (χ0v) is 21.8. The molecule has 1 fully saturated rings. The van der Waals surface area contributed by atoms with Crippen molar-refractivity contribution in [3.05, 3.63) is 0 Å². The van der Waals surface area contributed by atoms with Crippen LogP contribution in [0.2, 0.25) is 0 Å². The molecule has 0 aliphatic carbocycles. The van der Waals surface area contributed by atoms with Crippen molar-refractivity contribution in [2.45, 2.75) is 84.0 Å². The Balaban J connectivity index is 2.69. The molecule has 12 heteroatoms. The Kier molecular flexibility index (Phi) is 12.7. The zero-order chi connectivity index (χ0) is 26.7. The smallest absolute Gasteiger partial charge is 0.306 e. The van der Waals surface area contributed by atoms with Gasteiger partial charge >= 0.3 is 5.97 Å². The number of carbonyl (C=O) groups is 6. The van der Waals surface area contributed by atoms with E-state index in [0.29, 0.717) is 25.8 Å². The molecule has 0 saturated carbocycles. The van der Waals surface area contributed by atoms with Crippen LogP contribution >= 0.6 is 11.6 Å². The molecule has 1 saturated heterocycles. The van der Waals surface area contributed by atoms with Crippen LogP contribution in [0.1, 0.15) is 59.8 Å². The number of ether oxygens (including phenoxy) is 1. The van der Waals surface area contributed by atoms with Gasteiger partial charge in [-0.15, -0.1) is 11.6 Å². The van der Waals surface area contributed by atoms with Gasteiger partial charge in [-0.1, -0.05) is 13.8 Å². The fourth-order valence-electron chi connectivity index (χ4n) is 3.75. The van der Waals surface area contributed by atoms with E-state index in [-0.39, 0.29) is 30.4 Å². The second-order valence-electron chi connectivity index (χ2n) is 9.08. The molecule has 0 radical (unpaired) electrons. The molecule has 0 aromatic heterocycles. The third kappa shape index (κ3) is 9.83. The predicted molar refractivity (Wildman–Crippen MR) is 128 cm³/mol. The molecular weight excluding hydrogens is 480 g/mol. The molecule has 0 aromatic rings. The van der Waals surface area contributed by atoms with E-state index in [1.165, 1.54) is 25.9 Å². The minimum atomic E-state index is -0.937. The number of Topliss-reactive ketones (excluding diaryl/α,β-unsaturated/α-hetero) is 1. The van der Waals surface area contributed by atoms with Crippen LogP contribution in [0, 0.1) is 5.92 Å². The predicted octanol–water partition coefficient (Wildman–Crippen LogP) is 0.279. The van der Waals surface area contributed by atoms with Gasteiger partial charge in [-0.05, 0) is 39.0 Å². The molecule has 0 bridgehead atoms. The first-order chi connectivity index (χ1) is 16.4. The van der Waals surface area contributed by atoms with Crippen LogP contribution in [0.25, 0.3) is 0 Å². The summed E-state index contributed by atoms with van der Waals surface area (Å²) in [4.78, 5) is 75.0. The van der Waals surface area contributed by atoms with Crippen LogP contribution in [0.4, 0.5) is 0 Å². The lowest BCUT2D eigenvalue weighted by molar-refractivity contribution is -0.143. The lowest BCUT2D eigenvalue weighted by Gasteiger charge is -2.28. The largest absolute Gasteiger partial charge is 0.469 e. The summed E-state index contributed by atoms with van der Waals surface area (Å²) in [6.45, 7) is 7.17. The number of ketones is 1. The maximum absolute atomic E-state index is 12.9. The van der Waals surface area contributed by atoms with E-state index in [1.807, 2.05) is 13.8 Å². The number of nitrogens with one attached hydrogen (secondary N) is 3. The van der Waals surface area contributed by atoms with Crippen LogP contribution < -0.4 is 16.0 Å². The van der Waals surface area contributed by atoms with Crippen molar-refractivity contribution < 1.29 is 33.5 Å². The Morgan fingerprint density at radius 2 is 1.63 bits per heavy atom. The maximum atomic E-state index is 12.9. The Labute approximate surface area is 211 Å². The minimum Gasteiger partial charge on any atom is -0.469 e. The molecule has 35 heavy (non-hydrogen) atoms. The van der Waals surface area contributed by atoms with Gasteiger partial charge in [-0.2, -0.15) is 0 Å². The molecule has 1 heterocycles. The monoisotopic (exact) mass is 516 g/mol. The van der Waals surface area contributed by atoms with E-state index >= 15 is 0 Å². The second-order valence-corrected chi connectivity index (χ2v) is 9.34. The number of likely N-dealkylation sites (tertiary alicyclic amines) is 1. The number of hydrogen-bond donors (Lipinski definition) is 3. The lowest BCUT2D eigenvalue weighted by atomic mass is 10.0. The first-order valence-electron chi connectivity index (χ1n) is 11.8. The summed E-state index contributed by atoms with van der Waals surface area (Å²) >= 11 is 5.65. The van der Waals surface area contributed by atoms with E-state index in [4.69, 9.17) is 11.6 Å². The van der Waals surface area contributed by atoms with Crippen molar-refractivity contribution in [2.75, 3.05) is 19.5 Å². The molecule has 11 nitrogen and oxygen atoms in total. The summed E-state index contributed by atoms with van der Waals surface area (Å²) in [7, 11) is 1.22. The molecule has 4 atom stereocenters. The number of rotatable bonds is 13. The molecule has 198 valence electrons. The SMILES string of the molecule is COC(=O)CCC(=O)NC(C)C(=O)N1CCCC1C(=O)NC(C)C(=O)NC(CC(C)C)C(=O)CCl. The summed E-state index contributed by atoms with van der Waals surface area (Å²) in [5.41, 5.74) is 0. The third-order valence-electron chi connectivity index (χ3n) is 5.67. The lowest BCUT2D eigenvalue weighted by Crippen LogP contribution is -2.56. The highest BCUT2D eigenvalue weighted by atomic mass is 35.5. The summed E-state index contributed by atoms with van der Waals surface area (Å²) in [6.07, 6.45) is 1.20. The van der Waals surface area contributed by atoms with Crippen LogP contribution in [-0.2, 0) is 33.5 Å². The molecule has 1 aliphatic heterocycles. The van der Waals surface area contributed by atoms with Gasteiger partial charge in [0.25, 0.3) is 0 Å². The van der Waals surface area contributed by atoms with Gasteiger partial charge in [0.05, 0.1) is 25.5 Å². The molecule has 4 unspecified atom stereocenters. The summed E-state index contributed by atoms with van der Waals surface area (Å²) in [5.74, 6) is -2.84. The van der Waals surface area contributed by atoms with Crippen LogP contribution in [-0.4, -0.2) is 84.0 Å². The highest BCUT2D eigenvalue weighted by Gasteiger charge is 2.37. The second kappa shape index (κ2) is 14.7. The zero-order valence-electron chi connectivity index (χ0n) is 21.0. The quantitative estimate of drug-likeness (QED) is 0.235. The average molecular weight is 517 g/mol. The number of alkyl halides is 1. The number of esters is 1. The van der Waals surface area contributed by atoms with Crippen molar-refractivity contribution in [1.82, 2.24) is 20.9 Å². The highest BCUT2D eigenvalue weighted by Crippen LogP contribution is 2.19. The Morgan fingerprint density at radius 3 is 2.20 bits per heavy atom. The fourth-order valence-corrected chi connectivity index (χ4v) is 3.94. The van der Waals surface area contributed by atoms with Gasteiger partial charge in [0.15, 0.2) is 5.78 Å². The molecular formula is C23H37ClN4O7. The van der Waals surface area contributed by atoms with Gasteiger partial charge in [-0.25, -0.2) is 0 Å². The standard InChI is InChI=1S/C23H37ClN4O7/c1-13(2)11-16(18(29)12-24)27-21(32)14(3)26-22(33)17-7-6-10-28(17)23(34)15(4)25-19(30)8-9-20(31)35-5/h13-17H,6-12H2,1-5H3,(H,25,30)(H,26,33)(H,27,32).